The van der Waals surface area contributed by atoms with E-state index in [9.17, 15) is 0 Å². The minimum absolute atomic E-state index is 0.0502. The van der Waals surface area contributed by atoms with Crippen molar-refractivity contribution in [3.8, 4) is 0 Å². The molecule has 2 N–H and O–H groups in total. The zero-order valence-corrected chi connectivity index (χ0v) is 12.1. The minimum Gasteiger partial charge on any atom is -0.337 e. The molecule has 0 unspecified atom stereocenters. The first-order chi connectivity index (χ1) is 9.64. The van der Waals surface area contributed by atoms with E-state index in [2.05, 4.69) is 48.3 Å². The van der Waals surface area contributed by atoms with Crippen molar-refractivity contribution in [1.82, 2.24) is 10.1 Å². The van der Waals surface area contributed by atoms with Crippen LogP contribution in [0.15, 0.2) is 34.9 Å². The Balaban J connectivity index is 1.95. The van der Waals surface area contributed by atoms with Gasteiger partial charge in [-0.2, -0.15) is 4.98 Å². The summed E-state index contributed by atoms with van der Waals surface area (Å²) in [4.78, 5) is 4.63. The molecule has 4 nitrogen and oxygen atoms in total. The van der Waals surface area contributed by atoms with Crippen molar-refractivity contribution >= 4 is 0 Å². The van der Waals surface area contributed by atoms with Crippen molar-refractivity contribution in [2.24, 2.45) is 5.73 Å². The fourth-order valence-electron chi connectivity index (χ4n) is 2.70. The Morgan fingerprint density at radius 2 is 1.85 bits per heavy atom. The van der Waals surface area contributed by atoms with Crippen molar-refractivity contribution in [3.05, 3.63) is 47.6 Å². The normalized spacial score (nSPS) is 17.1. The second-order valence-electron chi connectivity index (χ2n) is 5.73. The van der Waals surface area contributed by atoms with Gasteiger partial charge in [-0.05, 0) is 31.2 Å². The Bertz CT molecular complexity index is 583. The van der Waals surface area contributed by atoms with Crippen LogP contribution in [0.2, 0.25) is 0 Å². The predicted molar refractivity (Wildman–Crippen MR) is 77.2 cm³/mol. The van der Waals surface area contributed by atoms with Crippen LogP contribution in [0.4, 0.5) is 0 Å². The topological polar surface area (TPSA) is 64.9 Å². The lowest BCUT2D eigenvalue weighted by atomic mass is 9.93. The van der Waals surface area contributed by atoms with E-state index in [1.807, 2.05) is 6.07 Å². The van der Waals surface area contributed by atoms with Gasteiger partial charge in [0.1, 0.15) is 0 Å². The summed E-state index contributed by atoms with van der Waals surface area (Å²) in [6.07, 6.45) is 3.74. The summed E-state index contributed by atoms with van der Waals surface area (Å²) in [5, 5.41) is 4.22. The highest BCUT2D eigenvalue weighted by Crippen LogP contribution is 2.52. The van der Waals surface area contributed by atoms with Crippen LogP contribution < -0.4 is 5.73 Å². The van der Waals surface area contributed by atoms with Crippen LogP contribution in [0, 0.1) is 0 Å². The maximum Gasteiger partial charge on any atom is 0.246 e. The van der Waals surface area contributed by atoms with E-state index >= 15 is 0 Å². The Morgan fingerprint density at radius 1 is 1.20 bits per heavy atom. The van der Waals surface area contributed by atoms with Crippen molar-refractivity contribution < 1.29 is 4.52 Å². The Labute approximate surface area is 119 Å². The minimum atomic E-state index is -0.502. The fraction of sp³-hybridized carbons (Fsp3) is 0.500. The summed E-state index contributed by atoms with van der Waals surface area (Å²) in [6, 6.07) is 10.4. The maximum atomic E-state index is 6.34. The summed E-state index contributed by atoms with van der Waals surface area (Å²) in [5.41, 5.74) is 7.05. The van der Waals surface area contributed by atoms with Gasteiger partial charge in [0.15, 0.2) is 5.82 Å². The number of rotatable bonds is 5. The molecule has 1 saturated carbocycles. The van der Waals surface area contributed by atoms with Crippen molar-refractivity contribution in [2.75, 3.05) is 0 Å². The first kappa shape index (κ1) is 13.3. The molecule has 0 aliphatic heterocycles. The predicted octanol–water partition coefficient (Wildman–Crippen LogP) is 3.12. The van der Waals surface area contributed by atoms with Gasteiger partial charge in [-0.3, -0.25) is 0 Å². The molecule has 4 heteroatoms. The number of nitrogens with two attached hydrogens (primary N) is 1. The lowest BCUT2D eigenvalue weighted by molar-refractivity contribution is 0.266. The van der Waals surface area contributed by atoms with Crippen molar-refractivity contribution in [2.45, 2.75) is 50.5 Å². The summed E-state index contributed by atoms with van der Waals surface area (Å²) >= 11 is 0. The summed E-state index contributed by atoms with van der Waals surface area (Å²) in [5.74, 6) is 1.36. The average Bonchev–Trinajstić information content (AvgIpc) is 3.17. The zero-order chi connectivity index (χ0) is 14.2. The SMILES string of the molecule is CCC(N)(CC)c1nc(C2(c3ccccc3)CC2)no1. The van der Waals surface area contributed by atoms with E-state index in [0.29, 0.717) is 5.89 Å². The van der Waals surface area contributed by atoms with Crippen LogP contribution >= 0.6 is 0 Å². The molecule has 1 heterocycles. The summed E-state index contributed by atoms with van der Waals surface area (Å²) in [6.45, 7) is 4.11. The first-order valence-corrected chi connectivity index (χ1v) is 7.34. The number of aromatic nitrogens is 2. The molecule has 106 valence electrons. The molecule has 1 fully saturated rings. The lowest BCUT2D eigenvalue weighted by Crippen LogP contribution is -2.35. The van der Waals surface area contributed by atoms with Gasteiger partial charge in [0.2, 0.25) is 5.89 Å². The van der Waals surface area contributed by atoms with E-state index in [0.717, 1.165) is 31.5 Å². The highest BCUT2D eigenvalue weighted by atomic mass is 16.5. The molecule has 0 atom stereocenters. The summed E-state index contributed by atoms with van der Waals surface area (Å²) in [7, 11) is 0. The lowest BCUT2D eigenvalue weighted by Gasteiger charge is -2.21. The number of hydrogen-bond donors (Lipinski definition) is 1. The van der Waals surface area contributed by atoms with E-state index < -0.39 is 5.54 Å². The molecule has 1 aromatic heterocycles. The monoisotopic (exact) mass is 271 g/mol. The van der Waals surface area contributed by atoms with Crippen LogP contribution in [0.5, 0.6) is 0 Å². The Kier molecular flexibility index (Phi) is 3.13. The quantitative estimate of drug-likeness (QED) is 0.907. The largest absolute Gasteiger partial charge is 0.337 e. The van der Waals surface area contributed by atoms with E-state index in [-0.39, 0.29) is 5.41 Å². The Hall–Kier alpha value is -1.68. The van der Waals surface area contributed by atoms with E-state index in [4.69, 9.17) is 10.3 Å². The van der Waals surface area contributed by atoms with Crippen LogP contribution in [-0.2, 0) is 11.0 Å². The number of benzene rings is 1. The third kappa shape index (κ3) is 1.95. The van der Waals surface area contributed by atoms with Gasteiger partial charge < -0.3 is 10.3 Å². The van der Waals surface area contributed by atoms with Crippen LogP contribution in [-0.4, -0.2) is 10.1 Å². The first-order valence-electron chi connectivity index (χ1n) is 7.34. The molecule has 1 aromatic carbocycles. The van der Waals surface area contributed by atoms with E-state index in [1.54, 1.807) is 0 Å². The van der Waals surface area contributed by atoms with Gasteiger partial charge in [-0.1, -0.05) is 49.3 Å². The van der Waals surface area contributed by atoms with Gasteiger partial charge in [-0.15, -0.1) is 0 Å². The fourth-order valence-corrected chi connectivity index (χ4v) is 2.70. The molecule has 3 rings (SSSR count). The molecule has 0 bridgehead atoms. The third-order valence-corrected chi connectivity index (χ3v) is 4.62. The van der Waals surface area contributed by atoms with Crippen molar-refractivity contribution in [1.29, 1.82) is 0 Å². The average molecular weight is 271 g/mol. The Morgan fingerprint density at radius 3 is 2.40 bits per heavy atom. The molecule has 1 aliphatic carbocycles. The smallest absolute Gasteiger partial charge is 0.246 e. The van der Waals surface area contributed by atoms with Crippen LogP contribution in [0.3, 0.4) is 0 Å². The number of hydrogen-bond acceptors (Lipinski definition) is 4. The van der Waals surface area contributed by atoms with Crippen LogP contribution in [0.1, 0.15) is 56.8 Å². The molecule has 20 heavy (non-hydrogen) atoms. The molecule has 0 radical (unpaired) electrons. The van der Waals surface area contributed by atoms with Gasteiger partial charge in [0, 0.05) is 0 Å². The summed E-state index contributed by atoms with van der Waals surface area (Å²) < 4.78 is 5.47. The maximum absolute atomic E-state index is 6.34. The number of nitrogens with zero attached hydrogens (tertiary/aromatic N) is 2. The second kappa shape index (κ2) is 4.70. The molecular weight excluding hydrogens is 250 g/mol. The molecule has 0 amide bonds. The van der Waals surface area contributed by atoms with Gasteiger partial charge >= 0.3 is 0 Å². The standard InChI is InChI=1S/C16H21N3O/c1-3-16(17,4-2)14-18-13(19-20-14)15(10-11-15)12-8-6-5-7-9-12/h5-9H,3-4,10-11,17H2,1-2H3. The molecule has 2 aromatic rings. The van der Waals surface area contributed by atoms with Gasteiger partial charge in [0.25, 0.3) is 0 Å². The van der Waals surface area contributed by atoms with Gasteiger partial charge in [0.05, 0.1) is 11.0 Å². The molecule has 1 aliphatic rings. The highest BCUT2D eigenvalue weighted by Gasteiger charge is 2.50. The van der Waals surface area contributed by atoms with E-state index in [1.165, 1.54) is 5.56 Å². The molecular formula is C16H21N3O. The third-order valence-electron chi connectivity index (χ3n) is 4.62. The highest BCUT2D eigenvalue weighted by molar-refractivity contribution is 5.38. The zero-order valence-electron chi connectivity index (χ0n) is 12.1. The molecule has 0 spiro atoms. The van der Waals surface area contributed by atoms with Gasteiger partial charge in [-0.25, -0.2) is 0 Å². The van der Waals surface area contributed by atoms with Crippen molar-refractivity contribution in [3.63, 3.8) is 0 Å². The second-order valence-corrected chi connectivity index (χ2v) is 5.73. The molecule has 0 saturated heterocycles. The van der Waals surface area contributed by atoms with Crippen LogP contribution in [0.25, 0.3) is 0 Å².